The molecule has 3 amide bonds. The summed E-state index contributed by atoms with van der Waals surface area (Å²) in [5.41, 5.74) is 0.448. The molecule has 0 unspecified atom stereocenters. The van der Waals surface area contributed by atoms with Crippen molar-refractivity contribution in [2.75, 3.05) is 33.2 Å². The highest BCUT2D eigenvalue weighted by atomic mass is 16.2. The minimum absolute atomic E-state index is 0.0190. The van der Waals surface area contributed by atoms with Gasteiger partial charge in [0.1, 0.15) is 17.0 Å². The lowest BCUT2D eigenvalue weighted by Gasteiger charge is -2.22. The molecule has 36 heavy (non-hydrogen) atoms. The maximum atomic E-state index is 13.1. The topological polar surface area (TPSA) is 135 Å². The van der Waals surface area contributed by atoms with Crippen LogP contribution in [0, 0.1) is 5.92 Å². The van der Waals surface area contributed by atoms with E-state index in [0.717, 1.165) is 0 Å². The molecule has 12 heteroatoms. The van der Waals surface area contributed by atoms with Crippen LogP contribution in [0.5, 0.6) is 0 Å². The van der Waals surface area contributed by atoms with E-state index < -0.39 is 11.5 Å². The Balaban J connectivity index is 1.47. The van der Waals surface area contributed by atoms with Gasteiger partial charge in [-0.15, -0.1) is 5.10 Å². The third-order valence-electron chi connectivity index (χ3n) is 6.67. The normalized spacial score (nSPS) is 20.7. The van der Waals surface area contributed by atoms with Gasteiger partial charge in [-0.3, -0.25) is 24.2 Å². The van der Waals surface area contributed by atoms with Gasteiger partial charge in [-0.2, -0.15) is 0 Å². The lowest BCUT2D eigenvalue weighted by molar-refractivity contribution is -0.131. The number of carbonyl (C=O) groups is 3. The predicted molar refractivity (Wildman–Crippen MR) is 127 cm³/mol. The third kappa shape index (κ3) is 4.61. The second-order valence-electron chi connectivity index (χ2n) is 9.07. The molecule has 2 aliphatic heterocycles. The Labute approximate surface area is 206 Å². The number of nitrogens with zero attached hydrogens (tertiary/aromatic N) is 7. The lowest BCUT2D eigenvalue weighted by Crippen LogP contribution is -2.39. The van der Waals surface area contributed by atoms with Gasteiger partial charge in [0.25, 0.3) is 17.4 Å². The highest BCUT2D eigenvalue weighted by molar-refractivity contribution is 5.94. The molecule has 1 saturated heterocycles. The van der Waals surface area contributed by atoms with Crippen LogP contribution < -0.4 is 10.9 Å². The van der Waals surface area contributed by atoms with Crippen molar-refractivity contribution >= 4 is 17.7 Å². The first-order valence-corrected chi connectivity index (χ1v) is 11.7. The summed E-state index contributed by atoms with van der Waals surface area (Å²) in [5, 5.41) is 11.2. The number of aromatic nitrogens is 5. The standard InChI is InChI=1S/C24H26N8O4/c1-29-10-8-26-22(34)18-5-4-9-30(23(18)35)13-17-14-32(28-27-17)20-15-31(12-16(20)11-21(29)33)24(36)19-6-2-3-7-25-19/h2-7,9,14,16,20H,8,10-13,15H2,1H3,(H,26,34)/t16-,20+/m0/s1. The van der Waals surface area contributed by atoms with E-state index in [1.165, 1.54) is 10.6 Å². The first-order valence-electron chi connectivity index (χ1n) is 11.7. The Bertz CT molecular complexity index is 1350. The molecule has 186 valence electrons. The van der Waals surface area contributed by atoms with E-state index in [-0.39, 0.29) is 55.4 Å². The van der Waals surface area contributed by atoms with Gasteiger partial charge in [0.2, 0.25) is 5.91 Å². The van der Waals surface area contributed by atoms with Crippen molar-refractivity contribution in [1.82, 2.24) is 39.7 Å². The van der Waals surface area contributed by atoms with Crippen molar-refractivity contribution in [3.05, 3.63) is 76.2 Å². The van der Waals surface area contributed by atoms with Crippen LogP contribution in [0.4, 0.5) is 0 Å². The van der Waals surface area contributed by atoms with Crippen LogP contribution in [0.15, 0.2) is 53.7 Å². The van der Waals surface area contributed by atoms with Crippen LogP contribution in [0.3, 0.4) is 0 Å². The minimum atomic E-state index is -0.495. The monoisotopic (exact) mass is 490 g/mol. The zero-order chi connectivity index (χ0) is 25.2. The summed E-state index contributed by atoms with van der Waals surface area (Å²) in [6.07, 6.45) is 5.10. The van der Waals surface area contributed by atoms with Crippen molar-refractivity contribution in [2.24, 2.45) is 5.92 Å². The molecule has 12 nitrogen and oxygen atoms in total. The number of rotatable bonds is 1. The number of hydrogen-bond donors (Lipinski definition) is 1. The highest BCUT2D eigenvalue weighted by Gasteiger charge is 2.39. The van der Waals surface area contributed by atoms with Gasteiger partial charge in [-0.05, 0) is 24.3 Å². The molecule has 0 aromatic carbocycles. The van der Waals surface area contributed by atoms with Crippen LogP contribution in [0.2, 0.25) is 0 Å². The van der Waals surface area contributed by atoms with Crippen molar-refractivity contribution in [2.45, 2.75) is 19.0 Å². The summed E-state index contributed by atoms with van der Waals surface area (Å²) in [6.45, 7) is 1.34. The third-order valence-corrected chi connectivity index (χ3v) is 6.67. The molecule has 0 spiro atoms. The van der Waals surface area contributed by atoms with E-state index in [9.17, 15) is 19.2 Å². The fourth-order valence-corrected chi connectivity index (χ4v) is 4.67. The van der Waals surface area contributed by atoms with Crippen molar-refractivity contribution in [3.63, 3.8) is 0 Å². The molecule has 4 bridgehead atoms. The Kier molecular flexibility index (Phi) is 6.32. The van der Waals surface area contributed by atoms with Crippen molar-refractivity contribution in [1.29, 1.82) is 0 Å². The Hall–Kier alpha value is -4.35. The molecule has 0 aliphatic carbocycles. The number of carbonyl (C=O) groups excluding carboxylic acids is 3. The van der Waals surface area contributed by atoms with Crippen LogP contribution in [-0.4, -0.2) is 85.3 Å². The zero-order valence-corrected chi connectivity index (χ0v) is 19.8. The van der Waals surface area contributed by atoms with Crippen molar-refractivity contribution in [3.8, 4) is 0 Å². The van der Waals surface area contributed by atoms with Gasteiger partial charge in [-0.1, -0.05) is 11.3 Å². The number of fused-ring (bicyclic) bond motifs is 6. The number of likely N-dealkylation sites (tertiary alicyclic amines) is 1. The van der Waals surface area contributed by atoms with Crippen LogP contribution in [0.1, 0.15) is 39.0 Å². The van der Waals surface area contributed by atoms with Gasteiger partial charge in [0.15, 0.2) is 0 Å². The summed E-state index contributed by atoms with van der Waals surface area (Å²) < 4.78 is 3.08. The molecule has 3 aromatic rings. The molecule has 0 radical (unpaired) electrons. The van der Waals surface area contributed by atoms with Gasteiger partial charge in [0.05, 0.1) is 18.8 Å². The molecule has 5 heterocycles. The number of amides is 3. The molecule has 2 aliphatic rings. The van der Waals surface area contributed by atoms with Crippen molar-refractivity contribution < 1.29 is 14.4 Å². The van der Waals surface area contributed by atoms with Crippen LogP contribution in [0.25, 0.3) is 0 Å². The van der Waals surface area contributed by atoms with E-state index in [1.807, 2.05) is 0 Å². The lowest BCUT2D eigenvalue weighted by atomic mass is 9.99. The first-order chi connectivity index (χ1) is 17.4. The zero-order valence-electron chi connectivity index (χ0n) is 19.8. The molecule has 3 aromatic heterocycles. The van der Waals surface area contributed by atoms with Gasteiger partial charge >= 0.3 is 0 Å². The molecule has 1 N–H and O–H groups in total. The van der Waals surface area contributed by atoms with Gasteiger partial charge in [-0.25, -0.2) is 4.68 Å². The Morgan fingerprint density at radius 2 is 1.97 bits per heavy atom. The maximum Gasteiger partial charge on any atom is 0.272 e. The van der Waals surface area contributed by atoms with E-state index >= 15 is 0 Å². The van der Waals surface area contributed by atoms with E-state index in [2.05, 4.69) is 20.6 Å². The smallest absolute Gasteiger partial charge is 0.272 e. The fraction of sp³-hybridized carbons (Fsp3) is 0.375. The number of hydrogen-bond acceptors (Lipinski definition) is 7. The van der Waals surface area contributed by atoms with Crippen LogP contribution in [-0.2, 0) is 11.3 Å². The molecule has 2 atom stereocenters. The Morgan fingerprint density at radius 3 is 2.78 bits per heavy atom. The molecule has 0 saturated carbocycles. The molecule has 1 fully saturated rings. The highest BCUT2D eigenvalue weighted by Crippen LogP contribution is 2.31. The maximum absolute atomic E-state index is 13.1. The van der Waals surface area contributed by atoms with Gasteiger partial charge in [0, 0.05) is 58.0 Å². The molecule has 5 rings (SSSR count). The largest absolute Gasteiger partial charge is 0.350 e. The van der Waals surface area contributed by atoms with E-state index in [4.69, 9.17) is 0 Å². The first kappa shape index (κ1) is 23.4. The second kappa shape index (κ2) is 9.72. The van der Waals surface area contributed by atoms with E-state index in [1.54, 1.807) is 64.4 Å². The SMILES string of the molecule is CN1CCNC(=O)c2cccn(c2=O)Cc2cn(nn2)[C@@H]2CN(C(=O)c3ccccn3)C[C@@H]2CC1=O. The summed E-state index contributed by atoms with van der Waals surface area (Å²) in [4.78, 5) is 59.0. The average Bonchev–Trinajstić information content (AvgIpc) is 3.51. The molecular weight excluding hydrogens is 464 g/mol. The summed E-state index contributed by atoms with van der Waals surface area (Å²) in [7, 11) is 1.67. The summed E-state index contributed by atoms with van der Waals surface area (Å²) in [5.74, 6) is -1.01. The second-order valence-corrected chi connectivity index (χ2v) is 9.07. The number of pyridine rings is 2. The van der Waals surface area contributed by atoms with Crippen LogP contribution >= 0.6 is 0 Å². The van der Waals surface area contributed by atoms with E-state index in [0.29, 0.717) is 24.5 Å². The minimum Gasteiger partial charge on any atom is -0.350 e. The molecular formula is C24H26N8O4. The summed E-state index contributed by atoms with van der Waals surface area (Å²) in [6, 6.07) is 8.01. The Morgan fingerprint density at radius 1 is 1.11 bits per heavy atom. The summed E-state index contributed by atoms with van der Waals surface area (Å²) >= 11 is 0. The predicted octanol–water partition coefficient (Wildman–Crippen LogP) is -0.212. The number of nitrogens with one attached hydrogen (secondary N) is 1. The van der Waals surface area contributed by atoms with Gasteiger partial charge < -0.3 is 19.7 Å². The number of likely N-dealkylation sites (N-methyl/N-ethyl adjacent to an activating group) is 1. The average molecular weight is 491 g/mol. The quantitative estimate of drug-likeness (QED) is 0.499. The fourth-order valence-electron chi connectivity index (χ4n) is 4.67.